The van der Waals surface area contributed by atoms with Gasteiger partial charge in [0, 0.05) is 25.1 Å². The number of rotatable bonds is 4. The molecule has 1 saturated heterocycles. The van der Waals surface area contributed by atoms with Gasteiger partial charge in [0.05, 0.1) is 6.61 Å². The van der Waals surface area contributed by atoms with Crippen LogP contribution in [0.3, 0.4) is 0 Å². The standard InChI is InChI=1S/C19H26N2O4/c1-2-14-6-8-15(9-7-14)21-18(23)17(22)20-12-16-13-24-19(25-16)10-4-3-5-11-19/h6-9,16H,2-5,10-13H2,1H3,(H,20,22)(H,21,23)/t16-/m1/s1. The summed E-state index contributed by atoms with van der Waals surface area (Å²) in [5.41, 5.74) is 1.79. The molecule has 136 valence electrons. The van der Waals surface area contributed by atoms with Crippen molar-refractivity contribution in [3.8, 4) is 0 Å². The van der Waals surface area contributed by atoms with Gasteiger partial charge in [-0.15, -0.1) is 0 Å². The Kier molecular flexibility index (Phi) is 5.71. The van der Waals surface area contributed by atoms with Crippen LogP contribution in [-0.2, 0) is 25.5 Å². The van der Waals surface area contributed by atoms with Gasteiger partial charge in [0.15, 0.2) is 5.79 Å². The molecule has 1 atom stereocenters. The van der Waals surface area contributed by atoms with Crippen LogP contribution >= 0.6 is 0 Å². The lowest BCUT2D eigenvalue weighted by Gasteiger charge is -2.31. The van der Waals surface area contributed by atoms with Gasteiger partial charge in [0.2, 0.25) is 0 Å². The average molecular weight is 346 g/mol. The molecule has 2 aliphatic rings. The number of aryl methyl sites for hydroxylation is 1. The number of amides is 2. The second-order valence-corrected chi connectivity index (χ2v) is 6.74. The molecule has 2 fully saturated rings. The van der Waals surface area contributed by atoms with E-state index in [4.69, 9.17) is 9.47 Å². The summed E-state index contributed by atoms with van der Waals surface area (Å²) < 4.78 is 11.8. The molecule has 2 N–H and O–H groups in total. The molecular formula is C19H26N2O4. The third-order valence-electron chi connectivity index (χ3n) is 4.85. The van der Waals surface area contributed by atoms with E-state index in [2.05, 4.69) is 17.6 Å². The molecule has 1 aliphatic carbocycles. The Labute approximate surface area is 148 Å². The second-order valence-electron chi connectivity index (χ2n) is 6.74. The lowest BCUT2D eigenvalue weighted by atomic mass is 9.94. The topological polar surface area (TPSA) is 76.7 Å². The molecule has 1 aliphatic heterocycles. The molecule has 1 heterocycles. The number of anilines is 1. The predicted molar refractivity (Wildman–Crippen MR) is 94.1 cm³/mol. The van der Waals surface area contributed by atoms with Gasteiger partial charge >= 0.3 is 11.8 Å². The molecule has 0 bridgehead atoms. The molecule has 6 nitrogen and oxygen atoms in total. The van der Waals surface area contributed by atoms with Crippen molar-refractivity contribution in [1.29, 1.82) is 0 Å². The highest BCUT2D eigenvalue weighted by Crippen LogP contribution is 2.37. The Morgan fingerprint density at radius 1 is 1.12 bits per heavy atom. The molecule has 6 heteroatoms. The van der Waals surface area contributed by atoms with Gasteiger partial charge in [0.25, 0.3) is 0 Å². The van der Waals surface area contributed by atoms with Gasteiger partial charge in [-0.2, -0.15) is 0 Å². The summed E-state index contributed by atoms with van der Waals surface area (Å²) in [4.78, 5) is 23.9. The van der Waals surface area contributed by atoms with Gasteiger partial charge < -0.3 is 20.1 Å². The van der Waals surface area contributed by atoms with Crippen molar-refractivity contribution in [2.45, 2.75) is 57.3 Å². The maximum absolute atomic E-state index is 12.0. The minimum Gasteiger partial charge on any atom is -0.347 e. The van der Waals surface area contributed by atoms with Crippen molar-refractivity contribution < 1.29 is 19.1 Å². The summed E-state index contributed by atoms with van der Waals surface area (Å²) in [6.07, 6.45) is 5.99. The minimum atomic E-state index is -0.671. The lowest BCUT2D eigenvalue weighted by molar-refractivity contribution is -0.186. The fourth-order valence-electron chi connectivity index (χ4n) is 3.37. The van der Waals surface area contributed by atoms with Crippen molar-refractivity contribution in [2.75, 3.05) is 18.5 Å². The zero-order chi connectivity index (χ0) is 17.7. The highest BCUT2D eigenvalue weighted by molar-refractivity contribution is 6.39. The van der Waals surface area contributed by atoms with Crippen molar-refractivity contribution in [2.24, 2.45) is 0 Å². The quantitative estimate of drug-likeness (QED) is 0.821. The van der Waals surface area contributed by atoms with Crippen molar-refractivity contribution in [3.63, 3.8) is 0 Å². The SMILES string of the molecule is CCc1ccc(NC(=O)C(=O)NC[C@@H]2COC3(CCCCC3)O2)cc1. The van der Waals surface area contributed by atoms with E-state index >= 15 is 0 Å². The number of nitrogens with one attached hydrogen (secondary N) is 2. The first-order valence-electron chi connectivity index (χ1n) is 9.10. The van der Waals surface area contributed by atoms with Crippen LogP contribution in [0, 0.1) is 0 Å². The van der Waals surface area contributed by atoms with Crippen LogP contribution in [0.4, 0.5) is 5.69 Å². The minimum absolute atomic E-state index is 0.196. The van der Waals surface area contributed by atoms with E-state index in [-0.39, 0.29) is 12.6 Å². The van der Waals surface area contributed by atoms with Gasteiger partial charge in [-0.1, -0.05) is 25.5 Å². The third-order valence-corrected chi connectivity index (χ3v) is 4.85. The van der Waals surface area contributed by atoms with E-state index in [0.717, 1.165) is 32.1 Å². The number of ether oxygens (including phenoxy) is 2. The molecule has 1 saturated carbocycles. The summed E-state index contributed by atoms with van der Waals surface area (Å²) in [5.74, 6) is -1.79. The van der Waals surface area contributed by atoms with Gasteiger partial charge in [-0.3, -0.25) is 9.59 Å². The fraction of sp³-hybridized carbons (Fsp3) is 0.579. The number of hydrogen-bond donors (Lipinski definition) is 2. The number of carbonyl (C=O) groups is 2. The predicted octanol–water partition coefficient (Wildman–Crippen LogP) is 2.38. The number of carbonyl (C=O) groups excluding carboxylic acids is 2. The normalized spacial score (nSPS) is 21.9. The van der Waals surface area contributed by atoms with E-state index in [1.165, 1.54) is 12.0 Å². The van der Waals surface area contributed by atoms with E-state index in [0.29, 0.717) is 12.3 Å². The first kappa shape index (κ1) is 17.9. The Balaban J connectivity index is 1.43. The number of benzene rings is 1. The highest BCUT2D eigenvalue weighted by atomic mass is 16.7. The van der Waals surface area contributed by atoms with Crippen LogP contribution in [0.25, 0.3) is 0 Å². The molecule has 3 rings (SSSR count). The first-order chi connectivity index (χ1) is 12.1. The van der Waals surface area contributed by atoms with Crippen LogP contribution in [0.2, 0.25) is 0 Å². The third kappa shape index (κ3) is 4.58. The monoisotopic (exact) mass is 346 g/mol. The molecule has 1 aromatic carbocycles. The largest absolute Gasteiger partial charge is 0.347 e. The maximum atomic E-state index is 12.0. The summed E-state index contributed by atoms with van der Waals surface area (Å²) in [6, 6.07) is 7.46. The number of hydrogen-bond acceptors (Lipinski definition) is 4. The van der Waals surface area contributed by atoms with Gasteiger partial charge in [0.1, 0.15) is 6.10 Å². The highest BCUT2D eigenvalue weighted by Gasteiger charge is 2.42. The van der Waals surface area contributed by atoms with E-state index in [9.17, 15) is 9.59 Å². The summed E-state index contributed by atoms with van der Waals surface area (Å²) in [7, 11) is 0. The van der Waals surface area contributed by atoms with Crippen LogP contribution < -0.4 is 10.6 Å². The van der Waals surface area contributed by atoms with Crippen LogP contribution in [0.5, 0.6) is 0 Å². The first-order valence-corrected chi connectivity index (χ1v) is 9.10. The van der Waals surface area contributed by atoms with Gasteiger partial charge in [-0.25, -0.2) is 0 Å². The Morgan fingerprint density at radius 2 is 1.84 bits per heavy atom. The van der Waals surface area contributed by atoms with Crippen molar-refractivity contribution >= 4 is 17.5 Å². The molecular weight excluding hydrogens is 320 g/mol. The molecule has 1 spiro atoms. The lowest BCUT2D eigenvalue weighted by Crippen LogP contribution is -2.41. The fourth-order valence-corrected chi connectivity index (χ4v) is 3.37. The zero-order valence-electron chi connectivity index (χ0n) is 14.7. The summed E-state index contributed by atoms with van der Waals surface area (Å²) in [6.45, 7) is 2.80. The summed E-state index contributed by atoms with van der Waals surface area (Å²) in [5, 5.41) is 5.24. The van der Waals surface area contributed by atoms with Crippen LogP contribution in [-0.4, -0.2) is 36.9 Å². The molecule has 25 heavy (non-hydrogen) atoms. The summed E-state index contributed by atoms with van der Waals surface area (Å²) >= 11 is 0. The average Bonchev–Trinajstić information content (AvgIpc) is 3.03. The molecule has 1 aromatic rings. The Bertz CT molecular complexity index is 608. The molecule has 0 aromatic heterocycles. The van der Waals surface area contributed by atoms with Crippen molar-refractivity contribution in [3.05, 3.63) is 29.8 Å². The zero-order valence-corrected chi connectivity index (χ0v) is 14.7. The maximum Gasteiger partial charge on any atom is 0.313 e. The van der Waals surface area contributed by atoms with E-state index < -0.39 is 17.6 Å². The van der Waals surface area contributed by atoms with Crippen molar-refractivity contribution in [1.82, 2.24) is 5.32 Å². The Hall–Kier alpha value is -1.92. The van der Waals surface area contributed by atoms with E-state index in [1.54, 1.807) is 12.1 Å². The smallest absolute Gasteiger partial charge is 0.313 e. The Morgan fingerprint density at radius 3 is 2.52 bits per heavy atom. The second kappa shape index (κ2) is 7.97. The van der Waals surface area contributed by atoms with Crippen LogP contribution in [0.1, 0.15) is 44.6 Å². The molecule has 2 amide bonds. The van der Waals surface area contributed by atoms with Crippen LogP contribution in [0.15, 0.2) is 24.3 Å². The molecule has 0 unspecified atom stereocenters. The molecule has 0 radical (unpaired) electrons. The van der Waals surface area contributed by atoms with E-state index in [1.807, 2.05) is 12.1 Å². The van der Waals surface area contributed by atoms with Gasteiger partial charge in [-0.05, 0) is 37.0 Å².